The monoisotopic (exact) mass is 452 g/mol. The lowest BCUT2D eigenvalue weighted by Crippen LogP contribution is -2.42. The summed E-state index contributed by atoms with van der Waals surface area (Å²) < 4.78 is 56.7. The summed E-state index contributed by atoms with van der Waals surface area (Å²) in [6.07, 6.45) is -3.36. The number of fused-ring (bicyclic) bond motifs is 1. The highest BCUT2D eigenvalue weighted by molar-refractivity contribution is 7.12. The fraction of sp³-hybridized carbons (Fsp3) is 0.409. The number of thiophene rings is 1. The highest BCUT2D eigenvalue weighted by Gasteiger charge is 2.43. The number of hydrogen-bond donors (Lipinski definition) is 2. The normalized spacial score (nSPS) is 18.4. The number of hydrogen-bond acceptors (Lipinski definition) is 5. The summed E-state index contributed by atoms with van der Waals surface area (Å²) in [4.78, 5) is 3.55. The highest BCUT2D eigenvalue weighted by Crippen LogP contribution is 2.42. The second kappa shape index (κ2) is 9.39. The van der Waals surface area contributed by atoms with Crippen LogP contribution in [0.25, 0.3) is 5.57 Å². The van der Waals surface area contributed by atoms with Crippen LogP contribution < -0.4 is 10.6 Å². The van der Waals surface area contributed by atoms with Gasteiger partial charge in [-0.1, -0.05) is 12.1 Å². The van der Waals surface area contributed by atoms with Crippen LogP contribution in [0.1, 0.15) is 39.3 Å². The van der Waals surface area contributed by atoms with Gasteiger partial charge in [-0.15, -0.1) is 11.3 Å². The molecule has 3 rings (SSSR count). The summed E-state index contributed by atoms with van der Waals surface area (Å²) in [6, 6.07) is 6.26. The van der Waals surface area contributed by atoms with Gasteiger partial charge in [0.15, 0.2) is 0 Å². The minimum Gasteiger partial charge on any atom is -0.391 e. The number of rotatable bonds is 6. The van der Waals surface area contributed by atoms with Gasteiger partial charge >= 0.3 is 6.18 Å². The van der Waals surface area contributed by atoms with E-state index in [2.05, 4.69) is 16.7 Å². The molecule has 2 atom stereocenters. The predicted molar refractivity (Wildman–Crippen MR) is 114 cm³/mol. The van der Waals surface area contributed by atoms with Gasteiger partial charge in [0.1, 0.15) is 22.8 Å². The number of alkyl halides is 3. The van der Waals surface area contributed by atoms with Crippen LogP contribution in [0.4, 0.5) is 17.6 Å². The van der Waals surface area contributed by atoms with Gasteiger partial charge in [0.05, 0.1) is 0 Å². The number of nitriles is 1. The molecule has 2 N–H and O–H groups in total. The van der Waals surface area contributed by atoms with Crippen molar-refractivity contribution in [3.8, 4) is 6.07 Å². The van der Waals surface area contributed by atoms with Gasteiger partial charge < -0.3 is 15.5 Å². The molecule has 1 aromatic heterocycles. The van der Waals surface area contributed by atoms with Gasteiger partial charge in [-0.05, 0) is 44.3 Å². The van der Waals surface area contributed by atoms with Crippen molar-refractivity contribution in [1.82, 2.24) is 15.5 Å². The van der Waals surface area contributed by atoms with Crippen molar-refractivity contribution in [2.45, 2.75) is 31.6 Å². The van der Waals surface area contributed by atoms with Crippen molar-refractivity contribution < 1.29 is 17.6 Å². The van der Waals surface area contributed by atoms with E-state index in [0.717, 1.165) is 10.4 Å². The average molecular weight is 453 g/mol. The second-order valence-electron chi connectivity index (χ2n) is 7.48. The molecule has 0 fully saturated rings. The second-order valence-corrected chi connectivity index (χ2v) is 8.61. The van der Waals surface area contributed by atoms with E-state index in [9.17, 15) is 18.4 Å². The van der Waals surface area contributed by atoms with E-state index in [1.165, 1.54) is 36.7 Å². The predicted octanol–water partition coefficient (Wildman–Crippen LogP) is 4.44. The molecule has 0 aliphatic carbocycles. The van der Waals surface area contributed by atoms with Crippen molar-refractivity contribution in [2.24, 2.45) is 0 Å². The zero-order valence-electron chi connectivity index (χ0n) is 17.5. The summed E-state index contributed by atoms with van der Waals surface area (Å²) in [6.45, 7) is 3.31. The van der Waals surface area contributed by atoms with E-state index in [1.807, 2.05) is 11.9 Å². The summed E-state index contributed by atoms with van der Waals surface area (Å²) in [5.74, 6) is -1.06. The van der Waals surface area contributed by atoms with Gasteiger partial charge in [-0.2, -0.15) is 18.4 Å². The lowest BCUT2D eigenvalue weighted by molar-refractivity contribution is -0.140. The first-order valence-corrected chi connectivity index (χ1v) is 10.7. The third-order valence-electron chi connectivity index (χ3n) is 5.33. The molecule has 4 nitrogen and oxygen atoms in total. The first kappa shape index (κ1) is 23.3. The maximum Gasteiger partial charge on any atom is 0.407 e. The Balaban J connectivity index is 2.23. The minimum absolute atomic E-state index is 0.0592. The first-order chi connectivity index (χ1) is 14.7. The summed E-state index contributed by atoms with van der Waals surface area (Å²) in [7, 11) is 3.12. The number of halogens is 4. The van der Waals surface area contributed by atoms with Crippen LogP contribution in [0.3, 0.4) is 0 Å². The molecule has 0 bridgehead atoms. The maximum absolute atomic E-state index is 15.2. The third kappa shape index (κ3) is 4.76. The van der Waals surface area contributed by atoms with Crippen LogP contribution in [0.5, 0.6) is 0 Å². The Morgan fingerprint density at radius 3 is 2.74 bits per heavy atom. The van der Waals surface area contributed by atoms with E-state index in [0.29, 0.717) is 30.1 Å². The van der Waals surface area contributed by atoms with Crippen molar-refractivity contribution >= 4 is 16.9 Å². The van der Waals surface area contributed by atoms with Crippen LogP contribution in [-0.2, 0) is 6.54 Å². The molecule has 0 amide bonds. The Labute approximate surface area is 183 Å². The topological polar surface area (TPSA) is 51.1 Å². The summed E-state index contributed by atoms with van der Waals surface area (Å²) >= 11 is 1.37. The molecule has 31 heavy (non-hydrogen) atoms. The zero-order valence-corrected chi connectivity index (χ0v) is 18.3. The van der Waals surface area contributed by atoms with Gasteiger partial charge in [0.25, 0.3) is 0 Å². The lowest BCUT2D eigenvalue weighted by Gasteiger charge is -2.33. The molecule has 1 aliphatic heterocycles. The molecular formula is C22H24F4N4S. The molecule has 0 saturated heterocycles. The SMILES string of the molecule is CCN/C=C(/c1c(F)cccc1[C@@H]1CN(C)Cc2sc(C#N)cc21)C(NC)C(F)(F)F. The molecule has 2 aromatic rings. The molecule has 0 saturated carbocycles. The van der Waals surface area contributed by atoms with Crippen LogP contribution in [-0.4, -0.2) is 44.3 Å². The van der Waals surface area contributed by atoms with E-state index in [-0.39, 0.29) is 17.1 Å². The molecule has 0 radical (unpaired) electrons. The smallest absolute Gasteiger partial charge is 0.391 e. The Morgan fingerprint density at radius 1 is 1.39 bits per heavy atom. The van der Waals surface area contributed by atoms with Crippen molar-refractivity contribution in [3.05, 3.63) is 62.7 Å². The van der Waals surface area contributed by atoms with Crippen molar-refractivity contribution in [1.29, 1.82) is 5.26 Å². The van der Waals surface area contributed by atoms with Crippen LogP contribution >= 0.6 is 11.3 Å². The van der Waals surface area contributed by atoms with Crippen LogP contribution in [0.15, 0.2) is 30.5 Å². The Bertz CT molecular complexity index is 1010. The molecule has 1 aliphatic rings. The van der Waals surface area contributed by atoms with E-state index >= 15 is 4.39 Å². The lowest BCUT2D eigenvalue weighted by atomic mass is 9.82. The molecule has 0 spiro atoms. The number of benzene rings is 1. The fourth-order valence-corrected chi connectivity index (χ4v) is 5.15. The van der Waals surface area contributed by atoms with E-state index in [4.69, 9.17) is 0 Å². The quantitative estimate of drug-likeness (QED) is 0.637. The molecular weight excluding hydrogens is 428 g/mol. The summed E-state index contributed by atoms with van der Waals surface area (Å²) in [5.41, 5.74) is 1.10. The average Bonchev–Trinajstić information content (AvgIpc) is 3.12. The first-order valence-electron chi connectivity index (χ1n) is 9.88. The summed E-state index contributed by atoms with van der Waals surface area (Å²) in [5, 5.41) is 14.4. The minimum atomic E-state index is -4.61. The molecule has 1 unspecified atom stereocenters. The Morgan fingerprint density at radius 2 is 2.13 bits per heavy atom. The maximum atomic E-state index is 15.2. The number of likely N-dealkylation sites (N-methyl/N-ethyl adjacent to an activating group) is 2. The third-order valence-corrected chi connectivity index (χ3v) is 6.37. The van der Waals surface area contributed by atoms with Crippen LogP contribution in [0.2, 0.25) is 0 Å². The molecule has 1 aromatic carbocycles. The van der Waals surface area contributed by atoms with Gasteiger partial charge in [-0.25, -0.2) is 4.39 Å². The zero-order chi connectivity index (χ0) is 22.8. The van der Waals surface area contributed by atoms with Gasteiger partial charge in [-0.3, -0.25) is 0 Å². The van der Waals surface area contributed by atoms with Crippen molar-refractivity contribution in [2.75, 3.05) is 27.2 Å². The van der Waals surface area contributed by atoms with E-state index < -0.39 is 18.0 Å². The fourth-order valence-electron chi connectivity index (χ4n) is 4.05. The number of nitrogens with zero attached hydrogens (tertiary/aromatic N) is 2. The van der Waals surface area contributed by atoms with Crippen molar-refractivity contribution in [3.63, 3.8) is 0 Å². The van der Waals surface area contributed by atoms with E-state index in [1.54, 1.807) is 19.1 Å². The molecule has 2 heterocycles. The van der Waals surface area contributed by atoms with Gasteiger partial charge in [0, 0.05) is 47.8 Å². The molecule has 9 heteroatoms. The standard InChI is InChI=1S/C22H24F4N4S/c1-4-29-10-16(21(28-2)22(24,25)26)20-14(6-5-7-18(20)23)17-11-30(3)12-19-15(17)8-13(9-27)31-19/h5-8,10,17,21,28-29H,4,11-12H2,1-3H3/b16-10-/t17-,21?/m0/s1. The highest BCUT2D eigenvalue weighted by atomic mass is 32.1. The Kier molecular flexibility index (Phi) is 7.04. The van der Waals surface area contributed by atoms with Crippen LogP contribution in [0, 0.1) is 17.1 Å². The Hall–Kier alpha value is -2.41. The number of nitrogens with one attached hydrogen (secondary N) is 2. The van der Waals surface area contributed by atoms with Gasteiger partial charge in [0.2, 0.25) is 0 Å². The molecule has 166 valence electrons. The largest absolute Gasteiger partial charge is 0.407 e.